The fraction of sp³-hybridized carbons (Fsp3) is 0.545. The minimum Gasteiger partial charge on any atom is -0.408 e. The largest absolute Gasteiger partial charge is 0.408 e. The van der Waals surface area contributed by atoms with Crippen molar-refractivity contribution in [3.63, 3.8) is 0 Å². The van der Waals surface area contributed by atoms with E-state index in [4.69, 9.17) is 9.52 Å². The van der Waals surface area contributed by atoms with Crippen LogP contribution in [0.2, 0.25) is 0 Å². The molecular formula is C11H14N6O3. The van der Waals surface area contributed by atoms with Crippen LogP contribution in [0.25, 0.3) is 0 Å². The van der Waals surface area contributed by atoms with Crippen molar-refractivity contribution in [1.82, 2.24) is 25.2 Å². The highest BCUT2D eigenvalue weighted by Gasteiger charge is 2.29. The Morgan fingerprint density at radius 2 is 2.30 bits per heavy atom. The van der Waals surface area contributed by atoms with Crippen molar-refractivity contribution >= 4 is 11.9 Å². The Bertz CT molecular complexity index is 603. The Morgan fingerprint density at radius 3 is 3.05 bits per heavy atom. The fourth-order valence-electron chi connectivity index (χ4n) is 1.73. The van der Waals surface area contributed by atoms with E-state index in [0.717, 1.165) is 12.8 Å². The van der Waals surface area contributed by atoms with Crippen LogP contribution in [0.15, 0.2) is 10.6 Å². The number of carbonyl (C=O) groups is 1. The highest BCUT2D eigenvalue weighted by Crippen LogP contribution is 2.39. The zero-order valence-corrected chi connectivity index (χ0v) is 10.7. The van der Waals surface area contributed by atoms with Crippen LogP contribution in [-0.2, 0) is 17.8 Å². The van der Waals surface area contributed by atoms with E-state index in [9.17, 15) is 4.79 Å². The summed E-state index contributed by atoms with van der Waals surface area (Å²) in [5.74, 6) is 0.604. The Labute approximate surface area is 114 Å². The number of rotatable bonds is 6. The number of carbonyl (C=O) groups excluding carboxylic acids is 1. The van der Waals surface area contributed by atoms with Gasteiger partial charge in [-0.1, -0.05) is 10.3 Å². The Balaban J connectivity index is 1.55. The van der Waals surface area contributed by atoms with Gasteiger partial charge >= 0.3 is 6.01 Å². The highest BCUT2D eigenvalue weighted by atomic mass is 16.4. The number of aromatic nitrogens is 5. The van der Waals surface area contributed by atoms with Crippen molar-refractivity contribution in [2.45, 2.75) is 31.7 Å². The van der Waals surface area contributed by atoms with E-state index >= 15 is 0 Å². The molecule has 2 aromatic rings. The summed E-state index contributed by atoms with van der Waals surface area (Å²) in [4.78, 5) is 11.8. The second-order valence-electron chi connectivity index (χ2n) is 4.65. The molecule has 2 aromatic heterocycles. The van der Waals surface area contributed by atoms with Crippen LogP contribution in [0.5, 0.6) is 0 Å². The van der Waals surface area contributed by atoms with Gasteiger partial charge in [0.15, 0.2) is 0 Å². The van der Waals surface area contributed by atoms with Gasteiger partial charge in [-0.3, -0.25) is 10.1 Å². The molecule has 1 saturated carbocycles. The number of hydrogen-bond acceptors (Lipinski definition) is 7. The molecule has 9 nitrogen and oxygen atoms in total. The Hall–Kier alpha value is -2.29. The van der Waals surface area contributed by atoms with Gasteiger partial charge in [-0.25, -0.2) is 4.68 Å². The van der Waals surface area contributed by atoms with Gasteiger partial charge in [0.2, 0.25) is 11.8 Å². The fourth-order valence-corrected chi connectivity index (χ4v) is 1.73. The molecule has 1 aliphatic carbocycles. The van der Waals surface area contributed by atoms with E-state index in [-0.39, 0.29) is 25.1 Å². The van der Waals surface area contributed by atoms with E-state index in [2.05, 4.69) is 25.8 Å². The predicted octanol–water partition coefficient (Wildman–Crippen LogP) is -0.288. The van der Waals surface area contributed by atoms with Crippen LogP contribution in [-0.4, -0.2) is 42.8 Å². The maximum atomic E-state index is 11.8. The third-order valence-electron chi connectivity index (χ3n) is 2.87. The zero-order valence-electron chi connectivity index (χ0n) is 10.7. The lowest BCUT2D eigenvalue weighted by atomic mass is 10.3. The Morgan fingerprint density at radius 1 is 1.45 bits per heavy atom. The molecule has 1 amide bonds. The molecule has 0 atom stereocenters. The molecule has 3 rings (SSSR count). The van der Waals surface area contributed by atoms with E-state index in [1.807, 2.05) is 0 Å². The smallest absolute Gasteiger partial charge is 0.322 e. The molecule has 0 saturated heterocycles. The molecule has 2 N–H and O–H groups in total. The van der Waals surface area contributed by atoms with Gasteiger partial charge in [0, 0.05) is 25.1 Å². The van der Waals surface area contributed by atoms with E-state index < -0.39 is 0 Å². The topological polar surface area (TPSA) is 119 Å². The molecule has 9 heteroatoms. The van der Waals surface area contributed by atoms with Gasteiger partial charge < -0.3 is 9.52 Å². The Kier molecular flexibility index (Phi) is 3.42. The van der Waals surface area contributed by atoms with Gasteiger partial charge in [-0.2, -0.15) is 0 Å². The van der Waals surface area contributed by atoms with Crippen LogP contribution < -0.4 is 5.32 Å². The van der Waals surface area contributed by atoms with E-state index in [1.165, 1.54) is 4.68 Å². The molecule has 0 aromatic carbocycles. The number of amides is 1. The molecule has 1 aliphatic rings. The average molecular weight is 278 g/mol. The molecule has 2 heterocycles. The molecule has 0 unspecified atom stereocenters. The quantitative estimate of drug-likeness (QED) is 0.745. The number of aliphatic hydroxyl groups is 1. The van der Waals surface area contributed by atoms with Gasteiger partial charge in [0.05, 0.1) is 5.69 Å². The number of aliphatic hydroxyl groups excluding tert-OH is 1. The van der Waals surface area contributed by atoms with Crippen molar-refractivity contribution in [3.8, 4) is 0 Å². The molecular weight excluding hydrogens is 264 g/mol. The van der Waals surface area contributed by atoms with E-state index in [0.29, 0.717) is 23.9 Å². The zero-order chi connectivity index (χ0) is 13.9. The van der Waals surface area contributed by atoms with Crippen LogP contribution in [0.3, 0.4) is 0 Å². The number of anilines is 1. The molecule has 0 bridgehead atoms. The summed E-state index contributed by atoms with van der Waals surface area (Å²) in [6.07, 6.45) is 4.14. The summed E-state index contributed by atoms with van der Waals surface area (Å²) in [5.41, 5.74) is 0.633. The standard InChI is InChI=1S/C11H14N6O3/c18-4-3-8-5-17(16-13-8)6-9(19)12-11-15-14-10(20-11)7-1-2-7/h5,7,18H,1-4,6H2,(H,12,15,19). The molecule has 1 fully saturated rings. The summed E-state index contributed by atoms with van der Waals surface area (Å²) in [6, 6.07) is 0.104. The number of hydrogen-bond donors (Lipinski definition) is 2. The van der Waals surface area contributed by atoms with Gasteiger partial charge in [0.1, 0.15) is 6.54 Å². The number of nitrogens with one attached hydrogen (secondary N) is 1. The second-order valence-corrected chi connectivity index (χ2v) is 4.65. The summed E-state index contributed by atoms with van der Waals surface area (Å²) >= 11 is 0. The summed E-state index contributed by atoms with van der Waals surface area (Å²) < 4.78 is 6.71. The van der Waals surface area contributed by atoms with Gasteiger partial charge in [0.25, 0.3) is 0 Å². The first-order valence-corrected chi connectivity index (χ1v) is 6.37. The van der Waals surface area contributed by atoms with Crippen molar-refractivity contribution in [2.75, 3.05) is 11.9 Å². The van der Waals surface area contributed by atoms with Gasteiger partial charge in [-0.05, 0) is 12.8 Å². The molecule has 0 aliphatic heterocycles. The normalized spacial score (nSPS) is 14.4. The highest BCUT2D eigenvalue weighted by molar-refractivity contribution is 5.88. The van der Waals surface area contributed by atoms with Crippen LogP contribution in [0, 0.1) is 0 Å². The predicted molar refractivity (Wildman–Crippen MR) is 65.7 cm³/mol. The lowest BCUT2D eigenvalue weighted by molar-refractivity contribution is -0.117. The molecule has 106 valence electrons. The maximum Gasteiger partial charge on any atom is 0.322 e. The van der Waals surface area contributed by atoms with Gasteiger partial charge in [-0.15, -0.1) is 10.2 Å². The molecule has 20 heavy (non-hydrogen) atoms. The maximum absolute atomic E-state index is 11.8. The third-order valence-corrected chi connectivity index (χ3v) is 2.87. The number of nitrogens with zero attached hydrogens (tertiary/aromatic N) is 5. The van der Waals surface area contributed by atoms with Crippen molar-refractivity contribution in [1.29, 1.82) is 0 Å². The lowest BCUT2D eigenvalue weighted by Gasteiger charge is -1.99. The summed E-state index contributed by atoms with van der Waals surface area (Å²) in [6.45, 7) is -0.00358. The first kappa shape index (κ1) is 12.7. The van der Waals surface area contributed by atoms with Crippen molar-refractivity contribution in [3.05, 3.63) is 17.8 Å². The molecule has 0 spiro atoms. The SMILES string of the molecule is O=C(Cn1cc(CCO)nn1)Nc1nnc(C2CC2)o1. The van der Waals surface area contributed by atoms with Crippen molar-refractivity contribution in [2.24, 2.45) is 0 Å². The first-order valence-electron chi connectivity index (χ1n) is 6.37. The van der Waals surface area contributed by atoms with Crippen LogP contribution in [0.4, 0.5) is 6.01 Å². The minimum atomic E-state index is -0.323. The monoisotopic (exact) mass is 278 g/mol. The summed E-state index contributed by atoms with van der Waals surface area (Å²) in [5, 5.41) is 26.5. The molecule has 0 radical (unpaired) electrons. The van der Waals surface area contributed by atoms with Crippen LogP contribution in [0.1, 0.15) is 30.3 Å². The average Bonchev–Trinajstić information content (AvgIpc) is 3.02. The lowest BCUT2D eigenvalue weighted by Crippen LogP contribution is -2.19. The second kappa shape index (κ2) is 5.37. The summed E-state index contributed by atoms with van der Waals surface area (Å²) in [7, 11) is 0. The third kappa shape index (κ3) is 2.99. The van der Waals surface area contributed by atoms with Crippen molar-refractivity contribution < 1.29 is 14.3 Å². The van der Waals surface area contributed by atoms with Crippen LogP contribution >= 0.6 is 0 Å². The first-order chi connectivity index (χ1) is 9.74. The van der Waals surface area contributed by atoms with E-state index in [1.54, 1.807) is 6.20 Å². The minimum absolute atomic E-state index is 0.000426.